The van der Waals surface area contributed by atoms with E-state index in [1.54, 1.807) is 24.1 Å². The minimum absolute atomic E-state index is 0.251. The minimum atomic E-state index is -0.568. The molecule has 10 heteroatoms. The maximum Gasteiger partial charge on any atom is 0.410 e. The Labute approximate surface area is 205 Å². The molecule has 1 aliphatic heterocycles. The molecule has 0 atom stereocenters. The van der Waals surface area contributed by atoms with Crippen molar-refractivity contribution in [2.24, 2.45) is 0 Å². The predicted molar refractivity (Wildman–Crippen MR) is 131 cm³/mol. The van der Waals surface area contributed by atoms with Crippen LogP contribution in [0.3, 0.4) is 0 Å². The number of carbonyl (C=O) groups is 2. The van der Waals surface area contributed by atoms with E-state index in [1.165, 1.54) is 23.7 Å². The van der Waals surface area contributed by atoms with Gasteiger partial charge in [0.15, 0.2) is 0 Å². The average molecular weight is 508 g/mol. The quantitative estimate of drug-likeness (QED) is 0.459. The van der Waals surface area contributed by atoms with Crippen LogP contribution in [0, 0.1) is 0 Å². The van der Waals surface area contributed by atoms with Crippen molar-refractivity contribution in [3.05, 3.63) is 50.6 Å². The molecule has 0 unspecified atom stereocenters. The first-order chi connectivity index (χ1) is 15.6. The van der Waals surface area contributed by atoms with Gasteiger partial charge < -0.3 is 19.7 Å². The Morgan fingerprint density at radius 3 is 2.52 bits per heavy atom. The predicted octanol–water partition coefficient (Wildman–Crippen LogP) is 6.16. The summed E-state index contributed by atoms with van der Waals surface area (Å²) in [4.78, 5) is 32.5. The summed E-state index contributed by atoms with van der Waals surface area (Å²) in [6.45, 7) is 6.44. The molecule has 1 aliphatic rings. The second-order valence-electron chi connectivity index (χ2n) is 8.61. The monoisotopic (exact) mass is 507 g/mol. The molecular formula is C23H23Cl2N3O4S. The number of ether oxygens (including phenoxy) is 2. The molecule has 0 saturated carbocycles. The van der Waals surface area contributed by atoms with Crippen molar-refractivity contribution in [2.75, 3.05) is 19.0 Å². The lowest BCUT2D eigenvalue weighted by atomic mass is 9.99. The molecule has 0 radical (unpaired) electrons. The molecule has 2 aromatic heterocycles. The zero-order chi connectivity index (χ0) is 23.9. The fraction of sp³-hybridized carbons (Fsp3) is 0.348. The van der Waals surface area contributed by atoms with Crippen LogP contribution in [0.1, 0.15) is 41.6 Å². The molecule has 1 aromatic carbocycles. The molecule has 7 nitrogen and oxygen atoms in total. The molecule has 0 saturated heterocycles. The third-order valence-corrected chi connectivity index (χ3v) is 6.96. The first-order valence-corrected chi connectivity index (χ1v) is 11.9. The number of pyridine rings is 1. The average Bonchev–Trinajstić information content (AvgIpc) is 3.13. The van der Waals surface area contributed by atoms with Gasteiger partial charge in [-0.1, -0.05) is 23.2 Å². The van der Waals surface area contributed by atoms with Crippen molar-refractivity contribution in [1.29, 1.82) is 0 Å². The number of anilines is 1. The number of thiophene rings is 1. The second kappa shape index (κ2) is 9.00. The Balaban J connectivity index is 1.72. The van der Waals surface area contributed by atoms with Gasteiger partial charge in [-0.05, 0) is 44.9 Å². The van der Waals surface area contributed by atoms with Crippen LogP contribution in [0.4, 0.5) is 10.5 Å². The lowest BCUT2D eigenvalue weighted by Crippen LogP contribution is -2.39. The van der Waals surface area contributed by atoms with Gasteiger partial charge in [0.2, 0.25) is 0 Å². The van der Waals surface area contributed by atoms with Crippen molar-refractivity contribution >= 4 is 62.3 Å². The summed E-state index contributed by atoms with van der Waals surface area (Å²) in [6.07, 6.45) is 3.09. The largest absolute Gasteiger partial charge is 0.495 e. The lowest BCUT2D eigenvalue weighted by Gasteiger charge is -2.30. The normalized spacial score (nSPS) is 13.6. The Morgan fingerprint density at radius 2 is 1.88 bits per heavy atom. The Morgan fingerprint density at radius 1 is 1.18 bits per heavy atom. The number of methoxy groups -OCH3 is 1. The van der Waals surface area contributed by atoms with Gasteiger partial charge in [-0.15, -0.1) is 11.3 Å². The summed E-state index contributed by atoms with van der Waals surface area (Å²) < 4.78 is 11.9. The molecule has 0 fully saturated rings. The number of rotatable bonds is 3. The van der Waals surface area contributed by atoms with Gasteiger partial charge in [-0.25, -0.2) is 4.79 Å². The van der Waals surface area contributed by atoms with Crippen LogP contribution in [-0.4, -0.2) is 41.1 Å². The minimum Gasteiger partial charge on any atom is -0.495 e. The van der Waals surface area contributed by atoms with Crippen LogP contribution in [0.5, 0.6) is 5.75 Å². The highest BCUT2D eigenvalue weighted by atomic mass is 35.5. The third kappa shape index (κ3) is 4.74. The van der Waals surface area contributed by atoms with Gasteiger partial charge in [-0.3, -0.25) is 9.78 Å². The maximum atomic E-state index is 13.3. The van der Waals surface area contributed by atoms with E-state index in [1.807, 2.05) is 20.8 Å². The highest BCUT2D eigenvalue weighted by Crippen LogP contribution is 2.42. The standard InChI is InChI=1S/C23H23Cl2N3O4S/c1-23(2,3)32-22(30)28-8-7-12-17(11-28)33-20-16(31-4)6-5-13(18(12)20)21(29)27-19-14(24)9-26-10-15(19)25/h5-6,9-10H,7-8,11H2,1-4H3,(H,26,27,29). The van der Waals surface area contributed by atoms with Crippen molar-refractivity contribution in [2.45, 2.75) is 39.3 Å². The first kappa shape index (κ1) is 23.6. The van der Waals surface area contributed by atoms with E-state index in [0.717, 1.165) is 20.5 Å². The van der Waals surface area contributed by atoms with E-state index in [4.69, 9.17) is 32.7 Å². The zero-order valence-electron chi connectivity index (χ0n) is 18.6. The summed E-state index contributed by atoms with van der Waals surface area (Å²) in [7, 11) is 1.59. The number of carbonyl (C=O) groups excluding carboxylic acids is 2. The first-order valence-electron chi connectivity index (χ1n) is 10.3. The van der Waals surface area contributed by atoms with Gasteiger partial charge in [0.1, 0.15) is 11.4 Å². The van der Waals surface area contributed by atoms with Gasteiger partial charge in [0, 0.05) is 34.8 Å². The number of aromatic nitrogens is 1. The number of nitrogens with zero attached hydrogens (tertiary/aromatic N) is 2. The maximum absolute atomic E-state index is 13.3. The van der Waals surface area contributed by atoms with Crippen LogP contribution in [0.2, 0.25) is 10.0 Å². The van der Waals surface area contributed by atoms with Crippen LogP contribution in [0.25, 0.3) is 10.1 Å². The van der Waals surface area contributed by atoms with Crippen LogP contribution in [-0.2, 0) is 17.7 Å². The topological polar surface area (TPSA) is 80.8 Å². The van der Waals surface area contributed by atoms with Crippen molar-refractivity contribution in [1.82, 2.24) is 9.88 Å². The van der Waals surface area contributed by atoms with Crippen LogP contribution in [0.15, 0.2) is 24.5 Å². The lowest BCUT2D eigenvalue weighted by molar-refractivity contribution is 0.0227. The molecule has 2 amide bonds. The summed E-state index contributed by atoms with van der Waals surface area (Å²) in [6, 6.07) is 3.49. The number of benzene rings is 1. The molecule has 3 aromatic rings. The van der Waals surface area contributed by atoms with Gasteiger partial charge in [-0.2, -0.15) is 0 Å². The van der Waals surface area contributed by atoms with Crippen molar-refractivity contribution < 1.29 is 19.1 Å². The zero-order valence-corrected chi connectivity index (χ0v) is 21.0. The fourth-order valence-electron chi connectivity index (χ4n) is 3.72. The Hall–Kier alpha value is -2.55. The molecule has 0 spiro atoms. The molecule has 4 rings (SSSR count). The molecule has 0 bridgehead atoms. The number of nitrogens with one attached hydrogen (secondary N) is 1. The summed E-state index contributed by atoms with van der Waals surface area (Å²) >= 11 is 13.9. The number of hydrogen-bond donors (Lipinski definition) is 1. The van der Waals surface area contributed by atoms with Gasteiger partial charge >= 0.3 is 6.09 Å². The molecular weight excluding hydrogens is 485 g/mol. The van der Waals surface area contributed by atoms with E-state index in [0.29, 0.717) is 36.5 Å². The van der Waals surface area contributed by atoms with Crippen LogP contribution < -0.4 is 10.1 Å². The molecule has 1 N–H and O–H groups in total. The van der Waals surface area contributed by atoms with Gasteiger partial charge in [0.25, 0.3) is 5.91 Å². The fourth-order valence-corrected chi connectivity index (χ4v) is 5.56. The highest BCUT2D eigenvalue weighted by molar-refractivity contribution is 7.19. The number of amides is 2. The SMILES string of the molecule is COc1ccc(C(=O)Nc2c(Cl)cncc2Cl)c2c3c(sc12)CN(C(=O)OC(C)(C)C)CC3. The summed E-state index contributed by atoms with van der Waals surface area (Å²) in [5.74, 6) is 0.331. The molecule has 174 valence electrons. The summed E-state index contributed by atoms with van der Waals surface area (Å²) in [5, 5.41) is 4.13. The molecule has 33 heavy (non-hydrogen) atoms. The third-order valence-electron chi connectivity index (χ3n) is 5.16. The van der Waals surface area contributed by atoms with Gasteiger partial charge in [0.05, 0.1) is 34.1 Å². The Kier molecular flexibility index (Phi) is 6.44. The molecule has 0 aliphatic carbocycles. The van der Waals surface area contributed by atoms with Crippen molar-refractivity contribution in [3.8, 4) is 5.75 Å². The van der Waals surface area contributed by atoms with E-state index in [9.17, 15) is 9.59 Å². The number of halogens is 2. The Bertz CT molecular complexity index is 1230. The van der Waals surface area contributed by atoms with E-state index in [2.05, 4.69) is 10.3 Å². The number of fused-ring (bicyclic) bond motifs is 3. The van der Waals surface area contributed by atoms with E-state index < -0.39 is 5.60 Å². The van der Waals surface area contributed by atoms with E-state index >= 15 is 0 Å². The van der Waals surface area contributed by atoms with Crippen LogP contribution >= 0.6 is 34.5 Å². The summed E-state index contributed by atoms with van der Waals surface area (Å²) in [5.41, 5.74) is 1.26. The van der Waals surface area contributed by atoms with Crippen molar-refractivity contribution in [3.63, 3.8) is 0 Å². The smallest absolute Gasteiger partial charge is 0.410 e. The second-order valence-corrected chi connectivity index (χ2v) is 10.5. The molecule has 3 heterocycles. The number of hydrogen-bond acceptors (Lipinski definition) is 6. The van der Waals surface area contributed by atoms with E-state index in [-0.39, 0.29) is 22.0 Å². The highest BCUT2D eigenvalue weighted by Gasteiger charge is 2.30.